The fraction of sp³-hybridized carbons (Fsp3) is 0.500. The number of benzene rings is 1. The van der Waals surface area contributed by atoms with Crippen molar-refractivity contribution >= 4 is 11.7 Å². The molecular weight excluding hydrogens is 262 g/mol. The second-order valence-electron chi connectivity index (χ2n) is 6.66. The summed E-state index contributed by atoms with van der Waals surface area (Å²) in [6.45, 7) is 2.16. The highest BCUT2D eigenvalue weighted by atomic mass is 16.5. The van der Waals surface area contributed by atoms with Crippen LogP contribution in [0.15, 0.2) is 17.7 Å². The zero-order chi connectivity index (χ0) is 14.7. The minimum absolute atomic E-state index is 0.294. The maximum Gasteiger partial charge on any atom is 0.340 e. The zero-order valence-electron chi connectivity index (χ0n) is 12.6. The summed E-state index contributed by atoms with van der Waals surface area (Å²) in [4.78, 5) is 11.8. The van der Waals surface area contributed by atoms with Gasteiger partial charge in [0.2, 0.25) is 0 Å². The Morgan fingerprint density at radius 2 is 2.19 bits per heavy atom. The van der Waals surface area contributed by atoms with E-state index in [4.69, 9.17) is 10.5 Å². The van der Waals surface area contributed by atoms with E-state index >= 15 is 0 Å². The standard InChI is InChI=1S/C18H21NO2/c1-3-9-4-11-5-10(9)6-12(11)14-8-16(19)17(18(20)21-2)15-7-13(14)15/h3,8,10-12H,4-7,19H2,1-2H3/b9-3+. The van der Waals surface area contributed by atoms with E-state index in [0.717, 1.165) is 23.8 Å². The summed E-state index contributed by atoms with van der Waals surface area (Å²) < 4.78 is 4.85. The Bertz CT molecular complexity index is 671. The Kier molecular flexibility index (Phi) is 2.69. The number of ether oxygens (including phenoxy) is 1. The fourth-order valence-corrected chi connectivity index (χ4v) is 4.68. The Balaban J connectivity index is 1.68. The molecule has 3 heteroatoms. The van der Waals surface area contributed by atoms with E-state index in [0.29, 0.717) is 17.2 Å². The van der Waals surface area contributed by atoms with Gasteiger partial charge in [-0.05, 0) is 73.1 Å². The van der Waals surface area contributed by atoms with Gasteiger partial charge in [0.05, 0.1) is 12.7 Å². The van der Waals surface area contributed by atoms with E-state index in [2.05, 4.69) is 19.1 Å². The minimum Gasteiger partial charge on any atom is -0.465 e. The molecule has 1 aromatic carbocycles. The van der Waals surface area contributed by atoms with Crippen molar-refractivity contribution in [2.24, 2.45) is 11.8 Å². The molecule has 4 rings (SSSR count). The first-order valence-corrected chi connectivity index (χ1v) is 7.81. The van der Waals surface area contributed by atoms with Crippen molar-refractivity contribution in [2.45, 2.75) is 38.5 Å². The number of esters is 1. The summed E-state index contributed by atoms with van der Waals surface area (Å²) in [6, 6.07) is 2.05. The highest BCUT2D eigenvalue weighted by Gasteiger charge is 2.45. The molecule has 2 N–H and O–H groups in total. The van der Waals surface area contributed by atoms with Crippen molar-refractivity contribution in [1.29, 1.82) is 0 Å². The molecular formula is C18H21NO2. The lowest BCUT2D eigenvalue weighted by atomic mass is 9.80. The number of carbonyl (C=O) groups excluding carboxylic acids is 1. The first-order chi connectivity index (χ1) is 10.1. The van der Waals surface area contributed by atoms with Crippen LogP contribution >= 0.6 is 0 Å². The third-order valence-corrected chi connectivity index (χ3v) is 5.72. The molecule has 0 amide bonds. The molecule has 0 spiro atoms. The third kappa shape index (κ3) is 1.76. The first-order valence-electron chi connectivity index (χ1n) is 7.81. The number of carbonyl (C=O) groups is 1. The Labute approximate surface area is 125 Å². The molecule has 110 valence electrons. The summed E-state index contributed by atoms with van der Waals surface area (Å²) in [5, 5.41) is 0. The summed E-state index contributed by atoms with van der Waals surface area (Å²) in [6.07, 6.45) is 7.06. The minimum atomic E-state index is -0.294. The predicted molar refractivity (Wildman–Crippen MR) is 82.3 cm³/mol. The van der Waals surface area contributed by atoms with E-state index in [1.807, 2.05) is 0 Å². The van der Waals surface area contributed by atoms with Crippen molar-refractivity contribution in [3.05, 3.63) is 40.0 Å². The summed E-state index contributed by atoms with van der Waals surface area (Å²) in [5.74, 6) is 1.90. The highest BCUT2D eigenvalue weighted by molar-refractivity contribution is 5.99. The highest BCUT2D eigenvalue weighted by Crippen LogP contribution is 2.58. The van der Waals surface area contributed by atoms with Gasteiger partial charge in [0, 0.05) is 5.69 Å². The molecule has 0 aromatic heterocycles. The van der Waals surface area contributed by atoms with Crippen LogP contribution in [0.3, 0.4) is 0 Å². The van der Waals surface area contributed by atoms with Crippen LogP contribution in [0.4, 0.5) is 5.69 Å². The topological polar surface area (TPSA) is 52.3 Å². The number of hydrogen-bond donors (Lipinski definition) is 1. The van der Waals surface area contributed by atoms with Crippen LogP contribution in [0.25, 0.3) is 0 Å². The Hall–Kier alpha value is -1.77. The van der Waals surface area contributed by atoms with Gasteiger partial charge in [-0.25, -0.2) is 4.79 Å². The molecule has 1 aromatic rings. The van der Waals surface area contributed by atoms with Crippen LogP contribution in [-0.4, -0.2) is 13.1 Å². The van der Waals surface area contributed by atoms with Crippen molar-refractivity contribution in [2.75, 3.05) is 12.8 Å². The first kappa shape index (κ1) is 12.9. The Morgan fingerprint density at radius 1 is 1.38 bits per heavy atom. The molecule has 0 saturated heterocycles. The van der Waals surface area contributed by atoms with Gasteiger partial charge in [-0.2, -0.15) is 0 Å². The number of anilines is 1. The molecule has 21 heavy (non-hydrogen) atoms. The smallest absolute Gasteiger partial charge is 0.340 e. The van der Waals surface area contributed by atoms with Crippen LogP contribution in [-0.2, 0) is 11.2 Å². The maximum atomic E-state index is 11.8. The number of nitrogen functional groups attached to an aromatic ring is 1. The lowest BCUT2D eigenvalue weighted by molar-refractivity contribution is 0.0601. The van der Waals surface area contributed by atoms with Gasteiger partial charge in [-0.15, -0.1) is 0 Å². The van der Waals surface area contributed by atoms with Gasteiger partial charge in [0.1, 0.15) is 0 Å². The molecule has 0 aliphatic heterocycles. The van der Waals surface area contributed by atoms with E-state index in [9.17, 15) is 4.79 Å². The molecule has 3 aliphatic rings. The average Bonchev–Trinajstić information content (AvgIpc) is 3.01. The summed E-state index contributed by atoms with van der Waals surface area (Å²) in [7, 11) is 1.42. The molecule has 2 bridgehead atoms. The van der Waals surface area contributed by atoms with Crippen LogP contribution in [0.5, 0.6) is 0 Å². The monoisotopic (exact) mass is 283 g/mol. The number of methoxy groups -OCH3 is 1. The molecule has 3 nitrogen and oxygen atoms in total. The molecule has 0 heterocycles. The van der Waals surface area contributed by atoms with E-state index in [-0.39, 0.29) is 5.97 Å². The van der Waals surface area contributed by atoms with Gasteiger partial charge in [0.25, 0.3) is 0 Å². The molecule has 0 radical (unpaired) electrons. The summed E-state index contributed by atoms with van der Waals surface area (Å²) in [5.41, 5.74) is 12.9. The zero-order valence-corrected chi connectivity index (χ0v) is 12.6. The van der Waals surface area contributed by atoms with E-state index in [1.54, 1.807) is 5.57 Å². The molecule has 3 aliphatic carbocycles. The van der Waals surface area contributed by atoms with Gasteiger partial charge >= 0.3 is 5.97 Å². The van der Waals surface area contributed by atoms with Crippen LogP contribution in [0.2, 0.25) is 0 Å². The van der Waals surface area contributed by atoms with Gasteiger partial charge in [-0.3, -0.25) is 0 Å². The number of fused-ring (bicyclic) bond motifs is 3. The van der Waals surface area contributed by atoms with Crippen LogP contribution in [0, 0.1) is 11.8 Å². The average molecular weight is 283 g/mol. The maximum absolute atomic E-state index is 11.8. The predicted octanol–water partition coefficient (Wildman–Crippen LogP) is 3.42. The Morgan fingerprint density at radius 3 is 2.81 bits per heavy atom. The van der Waals surface area contributed by atoms with Crippen LogP contribution in [0.1, 0.15) is 59.2 Å². The second-order valence-corrected chi connectivity index (χ2v) is 6.66. The number of rotatable bonds is 2. The van der Waals surface area contributed by atoms with Crippen molar-refractivity contribution < 1.29 is 9.53 Å². The molecule has 2 saturated carbocycles. The third-order valence-electron chi connectivity index (χ3n) is 5.72. The lowest BCUT2D eigenvalue weighted by Gasteiger charge is -2.24. The largest absolute Gasteiger partial charge is 0.465 e. The second kappa shape index (κ2) is 4.36. The summed E-state index contributed by atoms with van der Waals surface area (Å²) >= 11 is 0. The van der Waals surface area contributed by atoms with Crippen molar-refractivity contribution in [3.8, 4) is 0 Å². The molecule has 3 atom stereocenters. The van der Waals surface area contributed by atoms with Crippen molar-refractivity contribution in [1.82, 2.24) is 0 Å². The number of hydrogen-bond acceptors (Lipinski definition) is 3. The van der Waals surface area contributed by atoms with Crippen LogP contribution < -0.4 is 5.73 Å². The fourth-order valence-electron chi connectivity index (χ4n) is 4.68. The van der Waals surface area contributed by atoms with E-state index < -0.39 is 0 Å². The van der Waals surface area contributed by atoms with E-state index in [1.165, 1.54) is 37.5 Å². The lowest BCUT2D eigenvalue weighted by Crippen LogP contribution is -2.12. The quantitative estimate of drug-likeness (QED) is 0.522. The number of allylic oxidation sites excluding steroid dienone is 2. The SMILES string of the molecule is C/C=C1\CC2CC1CC2c1cc(N)c(C(=O)OC)c2c1C2. The molecule has 3 unspecified atom stereocenters. The normalized spacial score (nSPS) is 30.6. The number of nitrogens with two attached hydrogens (primary N) is 1. The molecule has 2 fully saturated rings. The van der Waals surface area contributed by atoms with Gasteiger partial charge in [-0.1, -0.05) is 11.6 Å². The van der Waals surface area contributed by atoms with Gasteiger partial charge < -0.3 is 10.5 Å². The van der Waals surface area contributed by atoms with Crippen molar-refractivity contribution in [3.63, 3.8) is 0 Å². The van der Waals surface area contributed by atoms with Gasteiger partial charge in [0.15, 0.2) is 0 Å².